The summed E-state index contributed by atoms with van der Waals surface area (Å²) in [6.07, 6.45) is 2.02. The van der Waals surface area contributed by atoms with Gasteiger partial charge in [-0.3, -0.25) is 10.7 Å². The lowest BCUT2D eigenvalue weighted by atomic mass is 10.0. The third-order valence-corrected chi connectivity index (χ3v) is 3.05. The number of ether oxygens (including phenoxy) is 1. The maximum absolute atomic E-state index is 11.3. The molecule has 1 rings (SSSR count). The minimum atomic E-state index is -0.354. The van der Waals surface area contributed by atoms with Crippen LogP contribution in [-0.2, 0) is 4.74 Å². The van der Waals surface area contributed by atoms with Gasteiger partial charge >= 0.3 is 6.03 Å². The smallest absolute Gasteiger partial charge is 0.323 e. The molecular weight excluding hydrogens is 194 g/mol. The fraction of sp³-hybridized carbons (Fsp3) is 0.800. The number of amides is 2. The predicted octanol–water partition coefficient (Wildman–Crippen LogP) is 1.30. The molecule has 0 spiro atoms. The molecular formula is C10H19N3O2. The molecule has 86 valence electrons. The van der Waals surface area contributed by atoms with Crippen LogP contribution in [0.15, 0.2) is 0 Å². The number of hydrogen-bond donors (Lipinski definition) is 3. The molecule has 0 aromatic carbocycles. The number of carbonyl (C=O) groups is 1. The van der Waals surface area contributed by atoms with E-state index in [-0.39, 0.29) is 18.1 Å². The number of amidine groups is 1. The van der Waals surface area contributed by atoms with Gasteiger partial charge in [-0.2, -0.15) is 0 Å². The molecule has 2 atom stereocenters. The summed E-state index contributed by atoms with van der Waals surface area (Å²) in [6.45, 7) is 4.39. The fourth-order valence-corrected chi connectivity index (χ4v) is 1.95. The summed E-state index contributed by atoms with van der Waals surface area (Å²) in [4.78, 5) is 11.3. The van der Waals surface area contributed by atoms with E-state index in [4.69, 9.17) is 5.41 Å². The van der Waals surface area contributed by atoms with Gasteiger partial charge in [0.1, 0.15) is 0 Å². The van der Waals surface area contributed by atoms with Gasteiger partial charge in [0.05, 0.1) is 7.11 Å². The normalized spacial score (nSPS) is 29.7. The molecule has 0 aromatic rings. The Balaban J connectivity index is 2.30. The number of carbonyl (C=O) groups excluding carboxylic acids is 1. The van der Waals surface area contributed by atoms with Gasteiger partial charge in [-0.25, -0.2) is 4.79 Å². The van der Waals surface area contributed by atoms with E-state index < -0.39 is 0 Å². The lowest BCUT2D eigenvalue weighted by molar-refractivity contribution is 0.238. The van der Waals surface area contributed by atoms with Gasteiger partial charge in [0.15, 0.2) is 0 Å². The van der Waals surface area contributed by atoms with Crippen molar-refractivity contribution in [2.45, 2.75) is 32.7 Å². The van der Waals surface area contributed by atoms with Crippen LogP contribution >= 0.6 is 0 Å². The topological polar surface area (TPSA) is 74.2 Å². The molecule has 5 nitrogen and oxygen atoms in total. The van der Waals surface area contributed by atoms with Gasteiger partial charge in [-0.15, -0.1) is 0 Å². The molecule has 2 amide bonds. The van der Waals surface area contributed by atoms with Crippen LogP contribution in [0.1, 0.15) is 26.7 Å². The average molecular weight is 213 g/mol. The number of hydrogen-bond acceptors (Lipinski definition) is 3. The van der Waals surface area contributed by atoms with Gasteiger partial charge in [-0.1, -0.05) is 13.8 Å². The van der Waals surface area contributed by atoms with Crippen molar-refractivity contribution in [1.82, 2.24) is 10.6 Å². The number of urea groups is 1. The van der Waals surface area contributed by atoms with Gasteiger partial charge in [0.25, 0.3) is 6.02 Å². The summed E-state index contributed by atoms with van der Waals surface area (Å²) in [5, 5.41) is 12.3. The summed E-state index contributed by atoms with van der Waals surface area (Å²) >= 11 is 0. The second-order valence-electron chi connectivity index (χ2n) is 4.25. The monoisotopic (exact) mass is 213 g/mol. The van der Waals surface area contributed by atoms with Crippen LogP contribution in [-0.4, -0.2) is 25.2 Å². The molecule has 0 saturated heterocycles. The lowest BCUT2D eigenvalue weighted by Crippen LogP contribution is -2.44. The molecule has 0 heterocycles. The summed E-state index contributed by atoms with van der Waals surface area (Å²) in [7, 11) is 1.35. The van der Waals surface area contributed by atoms with Gasteiger partial charge in [-0.05, 0) is 24.7 Å². The standard InChI is InChI=1S/C10H19N3O2/c1-6-4-8(5-7(6)2)12-10(14)13-9(11)15-3/h6-8H,4-5H2,1-3H3,(H3,11,12,13,14). The zero-order chi connectivity index (χ0) is 11.4. The third-order valence-electron chi connectivity index (χ3n) is 3.05. The van der Waals surface area contributed by atoms with Crippen molar-refractivity contribution in [3.63, 3.8) is 0 Å². The van der Waals surface area contributed by atoms with Gasteiger partial charge in [0.2, 0.25) is 0 Å². The van der Waals surface area contributed by atoms with Crippen molar-refractivity contribution in [3.05, 3.63) is 0 Å². The minimum absolute atomic E-state index is 0.222. The number of nitrogens with one attached hydrogen (secondary N) is 3. The van der Waals surface area contributed by atoms with Crippen LogP contribution < -0.4 is 10.6 Å². The van der Waals surface area contributed by atoms with Crippen LogP contribution in [0.4, 0.5) is 4.79 Å². The second kappa shape index (κ2) is 5.00. The Kier molecular flexibility index (Phi) is 3.94. The summed E-state index contributed by atoms with van der Waals surface area (Å²) in [5.41, 5.74) is 0. The molecule has 3 N–H and O–H groups in total. The fourth-order valence-electron chi connectivity index (χ4n) is 1.95. The van der Waals surface area contributed by atoms with Crippen molar-refractivity contribution < 1.29 is 9.53 Å². The minimum Gasteiger partial charge on any atom is -0.468 e. The Morgan fingerprint density at radius 2 is 1.87 bits per heavy atom. The molecule has 1 fully saturated rings. The zero-order valence-corrected chi connectivity index (χ0v) is 9.46. The summed E-state index contributed by atoms with van der Waals surface area (Å²) in [6, 6.07) is -0.362. The summed E-state index contributed by atoms with van der Waals surface area (Å²) in [5.74, 6) is 1.30. The Labute approximate surface area is 90.1 Å². The molecule has 0 aromatic heterocycles. The van der Waals surface area contributed by atoms with Crippen molar-refractivity contribution in [3.8, 4) is 0 Å². The SMILES string of the molecule is COC(=N)NC(=O)NC1CC(C)C(C)C1. The van der Waals surface area contributed by atoms with Crippen molar-refractivity contribution in [2.75, 3.05) is 7.11 Å². The van der Waals surface area contributed by atoms with Crippen LogP contribution in [0.5, 0.6) is 0 Å². The Hall–Kier alpha value is -1.26. The average Bonchev–Trinajstić information content (AvgIpc) is 2.45. The van der Waals surface area contributed by atoms with Crippen LogP contribution in [0.25, 0.3) is 0 Å². The Morgan fingerprint density at radius 1 is 1.33 bits per heavy atom. The third kappa shape index (κ3) is 3.42. The van der Waals surface area contributed by atoms with Crippen LogP contribution in [0, 0.1) is 17.2 Å². The largest absolute Gasteiger partial charge is 0.468 e. The van der Waals surface area contributed by atoms with Gasteiger partial charge in [0, 0.05) is 6.04 Å². The first kappa shape index (κ1) is 11.8. The molecule has 1 aliphatic carbocycles. The molecule has 0 radical (unpaired) electrons. The zero-order valence-electron chi connectivity index (χ0n) is 9.46. The molecule has 2 unspecified atom stereocenters. The van der Waals surface area contributed by atoms with E-state index in [2.05, 4.69) is 29.2 Å². The Bertz CT molecular complexity index is 245. The van der Waals surface area contributed by atoms with E-state index in [1.165, 1.54) is 7.11 Å². The molecule has 1 saturated carbocycles. The first-order chi connectivity index (χ1) is 7.02. The highest BCUT2D eigenvalue weighted by molar-refractivity contribution is 5.91. The predicted molar refractivity (Wildman–Crippen MR) is 57.8 cm³/mol. The van der Waals surface area contributed by atoms with E-state index in [1.54, 1.807) is 0 Å². The molecule has 5 heteroatoms. The highest BCUT2D eigenvalue weighted by atomic mass is 16.5. The second-order valence-corrected chi connectivity index (χ2v) is 4.25. The van der Waals surface area contributed by atoms with E-state index in [9.17, 15) is 4.79 Å². The molecule has 1 aliphatic rings. The molecule has 15 heavy (non-hydrogen) atoms. The number of methoxy groups -OCH3 is 1. The number of rotatable bonds is 1. The van der Waals surface area contributed by atoms with E-state index in [0.717, 1.165) is 12.8 Å². The highest BCUT2D eigenvalue weighted by Crippen LogP contribution is 2.30. The van der Waals surface area contributed by atoms with Crippen molar-refractivity contribution in [1.29, 1.82) is 5.41 Å². The maximum atomic E-state index is 11.3. The van der Waals surface area contributed by atoms with Crippen LogP contribution in [0.3, 0.4) is 0 Å². The van der Waals surface area contributed by atoms with E-state index >= 15 is 0 Å². The maximum Gasteiger partial charge on any atom is 0.323 e. The quantitative estimate of drug-likeness (QED) is 0.453. The first-order valence-electron chi connectivity index (χ1n) is 5.23. The first-order valence-corrected chi connectivity index (χ1v) is 5.23. The van der Waals surface area contributed by atoms with Gasteiger partial charge < -0.3 is 10.1 Å². The Morgan fingerprint density at radius 3 is 2.33 bits per heavy atom. The molecule has 0 bridgehead atoms. The van der Waals surface area contributed by atoms with Crippen molar-refractivity contribution >= 4 is 12.1 Å². The highest BCUT2D eigenvalue weighted by Gasteiger charge is 2.29. The van der Waals surface area contributed by atoms with Crippen LogP contribution in [0.2, 0.25) is 0 Å². The van der Waals surface area contributed by atoms with E-state index in [1.807, 2.05) is 0 Å². The molecule has 0 aliphatic heterocycles. The van der Waals surface area contributed by atoms with Crippen molar-refractivity contribution in [2.24, 2.45) is 11.8 Å². The summed E-state index contributed by atoms with van der Waals surface area (Å²) < 4.78 is 4.54. The van der Waals surface area contributed by atoms with E-state index in [0.29, 0.717) is 11.8 Å². The lowest BCUT2D eigenvalue weighted by Gasteiger charge is -2.13.